The molecule has 0 bridgehead atoms. The van der Waals surface area contributed by atoms with Crippen molar-refractivity contribution in [3.8, 4) is 11.4 Å². The van der Waals surface area contributed by atoms with Crippen molar-refractivity contribution >= 4 is 11.8 Å². The number of benzene rings is 1. The lowest BCUT2D eigenvalue weighted by molar-refractivity contribution is 0.715. The summed E-state index contributed by atoms with van der Waals surface area (Å²) in [5.74, 6) is 1.84. The predicted octanol–water partition coefficient (Wildman–Crippen LogP) is 3.50. The number of hydrogen-bond donors (Lipinski definition) is 0. The third-order valence-electron chi connectivity index (χ3n) is 3.09. The minimum Gasteiger partial charge on any atom is -0.298 e. The maximum Gasteiger partial charge on any atom is 0.191 e. The Morgan fingerprint density at radius 1 is 1.05 bits per heavy atom. The molecule has 0 N–H and O–H groups in total. The van der Waals surface area contributed by atoms with Crippen molar-refractivity contribution in [3.63, 3.8) is 0 Å². The molecule has 0 unspecified atom stereocenters. The van der Waals surface area contributed by atoms with Crippen LogP contribution in [0.25, 0.3) is 11.4 Å². The van der Waals surface area contributed by atoms with E-state index in [2.05, 4.69) is 50.9 Å². The average molecular weight is 296 g/mol. The first-order chi connectivity index (χ1) is 10.4. The largest absolute Gasteiger partial charge is 0.298 e. The number of hydrogen-bond acceptors (Lipinski definition) is 4. The number of aromatic nitrogens is 4. The lowest BCUT2D eigenvalue weighted by atomic mass is 10.2. The highest BCUT2D eigenvalue weighted by Gasteiger charge is 2.14. The van der Waals surface area contributed by atoms with Gasteiger partial charge in [-0.15, -0.1) is 10.2 Å². The van der Waals surface area contributed by atoms with E-state index in [1.807, 2.05) is 24.4 Å². The molecule has 0 atom stereocenters. The van der Waals surface area contributed by atoms with Crippen LogP contribution in [0.4, 0.5) is 0 Å². The van der Waals surface area contributed by atoms with E-state index in [4.69, 9.17) is 0 Å². The van der Waals surface area contributed by atoms with Gasteiger partial charge in [-0.25, -0.2) is 0 Å². The quantitative estimate of drug-likeness (QED) is 0.676. The van der Waals surface area contributed by atoms with Gasteiger partial charge in [0.25, 0.3) is 0 Å². The summed E-state index contributed by atoms with van der Waals surface area (Å²) in [6, 6.07) is 14.3. The molecule has 0 aliphatic rings. The monoisotopic (exact) mass is 296 g/mol. The number of pyridine rings is 1. The van der Waals surface area contributed by atoms with Crippen LogP contribution in [0.5, 0.6) is 0 Å². The lowest BCUT2D eigenvalue weighted by Crippen LogP contribution is -2.04. The molecule has 0 saturated heterocycles. The van der Waals surface area contributed by atoms with E-state index >= 15 is 0 Å². The van der Waals surface area contributed by atoms with Crippen LogP contribution in [0.1, 0.15) is 12.5 Å². The molecule has 1 aromatic carbocycles. The van der Waals surface area contributed by atoms with Crippen LogP contribution in [-0.4, -0.2) is 25.5 Å². The van der Waals surface area contributed by atoms with E-state index in [0.717, 1.165) is 28.8 Å². The van der Waals surface area contributed by atoms with Crippen molar-refractivity contribution in [2.75, 3.05) is 5.75 Å². The summed E-state index contributed by atoms with van der Waals surface area (Å²) in [6.45, 7) is 2.89. The third-order valence-corrected chi connectivity index (χ3v) is 3.94. The molecular weight excluding hydrogens is 280 g/mol. The van der Waals surface area contributed by atoms with Crippen molar-refractivity contribution in [1.82, 2.24) is 19.7 Å². The van der Waals surface area contributed by atoms with Gasteiger partial charge >= 0.3 is 0 Å². The summed E-state index contributed by atoms with van der Waals surface area (Å²) in [6.07, 6.45) is 3.59. The Balaban J connectivity index is 2.01. The summed E-state index contributed by atoms with van der Waals surface area (Å²) in [7, 11) is 0. The highest BCUT2D eigenvalue weighted by atomic mass is 32.2. The first kappa shape index (κ1) is 13.8. The topological polar surface area (TPSA) is 43.6 Å². The van der Waals surface area contributed by atoms with E-state index in [1.165, 1.54) is 5.56 Å². The Hall–Kier alpha value is -2.14. The fourth-order valence-corrected chi connectivity index (χ4v) is 2.81. The molecule has 2 aromatic heterocycles. The van der Waals surface area contributed by atoms with E-state index in [9.17, 15) is 0 Å². The standard InChI is InChI=1S/C16H16N4S/c1-2-21-16-19-18-15(14-9-6-10-17-11-14)20(16)12-13-7-4-3-5-8-13/h3-11H,2,12H2,1H3. The van der Waals surface area contributed by atoms with Gasteiger partial charge in [-0.1, -0.05) is 49.0 Å². The molecule has 3 rings (SSSR count). The first-order valence-corrected chi connectivity index (χ1v) is 7.87. The van der Waals surface area contributed by atoms with Crippen molar-refractivity contribution in [2.45, 2.75) is 18.6 Å². The number of nitrogens with zero attached hydrogens (tertiary/aromatic N) is 4. The molecule has 106 valence electrons. The fraction of sp³-hybridized carbons (Fsp3) is 0.188. The molecule has 0 spiro atoms. The van der Waals surface area contributed by atoms with E-state index in [1.54, 1.807) is 18.0 Å². The van der Waals surface area contributed by atoms with Gasteiger partial charge < -0.3 is 0 Å². The van der Waals surface area contributed by atoms with Crippen LogP contribution < -0.4 is 0 Å². The Bertz CT molecular complexity index is 695. The normalized spacial score (nSPS) is 10.7. The number of thioether (sulfide) groups is 1. The van der Waals surface area contributed by atoms with Crippen LogP contribution in [0.2, 0.25) is 0 Å². The molecule has 4 nitrogen and oxygen atoms in total. The van der Waals surface area contributed by atoms with Gasteiger partial charge in [-0.05, 0) is 23.4 Å². The predicted molar refractivity (Wildman–Crippen MR) is 85.2 cm³/mol. The average Bonchev–Trinajstić information content (AvgIpc) is 2.92. The van der Waals surface area contributed by atoms with Gasteiger partial charge in [-0.3, -0.25) is 9.55 Å². The number of rotatable bonds is 5. The summed E-state index contributed by atoms with van der Waals surface area (Å²) in [4.78, 5) is 4.18. The summed E-state index contributed by atoms with van der Waals surface area (Å²) < 4.78 is 2.15. The molecule has 2 heterocycles. The van der Waals surface area contributed by atoms with Crippen LogP contribution in [-0.2, 0) is 6.54 Å². The maximum atomic E-state index is 4.35. The van der Waals surface area contributed by atoms with Gasteiger partial charge in [-0.2, -0.15) is 0 Å². The van der Waals surface area contributed by atoms with Gasteiger partial charge in [0.05, 0.1) is 6.54 Å². The zero-order valence-electron chi connectivity index (χ0n) is 11.8. The van der Waals surface area contributed by atoms with Crippen molar-refractivity contribution < 1.29 is 0 Å². The summed E-state index contributed by atoms with van der Waals surface area (Å²) in [5, 5.41) is 9.62. The zero-order valence-corrected chi connectivity index (χ0v) is 12.6. The molecule has 3 aromatic rings. The molecular formula is C16H16N4S. The first-order valence-electron chi connectivity index (χ1n) is 6.89. The van der Waals surface area contributed by atoms with Gasteiger partial charge in [0.15, 0.2) is 11.0 Å². The molecule has 21 heavy (non-hydrogen) atoms. The second-order valence-electron chi connectivity index (χ2n) is 4.55. The highest BCUT2D eigenvalue weighted by molar-refractivity contribution is 7.99. The molecule has 0 fully saturated rings. The van der Waals surface area contributed by atoms with Crippen LogP contribution >= 0.6 is 11.8 Å². The second kappa shape index (κ2) is 6.54. The SMILES string of the molecule is CCSc1nnc(-c2cccnc2)n1Cc1ccccc1. The Kier molecular flexibility index (Phi) is 4.31. The van der Waals surface area contributed by atoms with Gasteiger partial charge in [0.1, 0.15) is 0 Å². The van der Waals surface area contributed by atoms with E-state index < -0.39 is 0 Å². The Labute approximate surface area is 128 Å². The van der Waals surface area contributed by atoms with Crippen LogP contribution in [0.15, 0.2) is 60.0 Å². The van der Waals surface area contributed by atoms with Crippen LogP contribution in [0.3, 0.4) is 0 Å². The molecule has 5 heteroatoms. The van der Waals surface area contributed by atoms with E-state index in [-0.39, 0.29) is 0 Å². The van der Waals surface area contributed by atoms with Crippen LogP contribution in [0, 0.1) is 0 Å². The van der Waals surface area contributed by atoms with Crippen molar-refractivity contribution in [2.24, 2.45) is 0 Å². The molecule has 0 saturated carbocycles. The van der Waals surface area contributed by atoms with Crippen molar-refractivity contribution in [1.29, 1.82) is 0 Å². The smallest absolute Gasteiger partial charge is 0.191 e. The molecule has 0 aliphatic carbocycles. The Morgan fingerprint density at radius 3 is 2.62 bits per heavy atom. The summed E-state index contributed by atoms with van der Waals surface area (Å²) in [5.41, 5.74) is 2.23. The van der Waals surface area contributed by atoms with Gasteiger partial charge in [0.2, 0.25) is 0 Å². The van der Waals surface area contributed by atoms with Gasteiger partial charge in [0, 0.05) is 18.0 Å². The molecule has 0 radical (unpaired) electrons. The molecule has 0 amide bonds. The van der Waals surface area contributed by atoms with Crippen molar-refractivity contribution in [3.05, 3.63) is 60.4 Å². The molecule has 0 aliphatic heterocycles. The zero-order chi connectivity index (χ0) is 14.5. The minimum atomic E-state index is 0.764. The second-order valence-corrected chi connectivity index (χ2v) is 5.78. The lowest BCUT2D eigenvalue weighted by Gasteiger charge is -2.09. The maximum absolute atomic E-state index is 4.35. The Morgan fingerprint density at radius 2 is 1.90 bits per heavy atom. The summed E-state index contributed by atoms with van der Waals surface area (Å²) >= 11 is 1.71. The van der Waals surface area contributed by atoms with E-state index in [0.29, 0.717) is 0 Å². The highest BCUT2D eigenvalue weighted by Crippen LogP contribution is 2.24. The fourth-order valence-electron chi connectivity index (χ4n) is 2.14. The third kappa shape index (κ3) is 3.13. The minimum absolute atomic E-state index is 0.764.